The third-order valence-corrected chi connectivity index (χ3v) is 3.80. The maximum absolute atomic E-state index is 12.4. The number of amides is 2. The number of benzene rings is 1. The molecule has 1 fully saturated rings. The van der Waals surface area contributed by atoms with Crippen molar-refractivity contribution in [2.45, 2.75) is 13.3 Å². The average Bonchev–Trinajstić information content (AvgIpc) is 2.67. The van der Waals surface area contributed by atoms with E-state index in [0.29, 0.717) is 42.5 Å². The van der Waals surface area contributed by atoms with Gasteiger partial charge in [-0.3, -0.25) is 9.59 Å². The summed E-state index contributed by atoms with van der Waals surface area (Å²) in [6, 6.07) is 4.90. The van der Waals surface area contributed by atoms with E-state index in [1.54, 1.807) is 34.9 Å². The maximum Gasteiger partial charge on any atom is 0.253 e. The third kappa shape index (κ3) is 3.22. The van der Waals surface area contributed by atoms with Crippen molar-refractivity contribution in [3.63, 3.8) is 0 Å². The summed E-state index contributed by atoms with van der Waals surface area (Å²) in [6.07, 6.45) is 0.786. The van der Waals surface area contributed by atoms with Gasteiger partial charge in [-0.05, 0) is 24.6 Å². The fourth-order valence-corrected chi connectivity index (χ4v) is 2.46. The topological polar surface area (TPSA) is 66.6 Å². The first-order chi connectivity index (χ1) is 9.49. The molecule has 1 heterocycles. The zero-order valence-electron chi connectivity index (χ0n) is 11.4. The van der Waals surface area contributed by atoms with Crippen LogP contribution in [0.2, 0.25) is 5.02 Å². The van der Waals surface area contributed by atoms with Gasteiger partial charge in [0.15, 0.2) is 0 Å². The summed E-state index contributed by atoms with van der Waals surface area (Å²) < 4.78 is 0. The lowest BCUT2D eigenvalue weighted by atomic mass is 10.1. The summed E-state index contributed by atoms with van der Waals surface area (Å²) in [6.45, 7) is 4.01. The molecule has 1 aliphatic heterocycles. The lowest BCUT2D eigenvalue weighted by molar-refractivity contribution is -0.128. The average molecular weight is 296 g/mol. The number of nitrogen functional groups attached to an aromatic ring is 1. The van der Waals surface area contributed by atoms with Crippen LogP contribution in [0.4, 0.5) is 5.69 Å². The number of nitrogens with zero attached hydrogens (tertiary/aromatic N) is 2. The van der Waals surface area contributed by atoms with Crippen molar-refractivity contribution in [2.24, 2.45) is 0 Å². The van der Waals surface area contributed by atoms with Crippen LogP contribution >= 0.6 is 11.6 Å². The molecule has 2 amide bonds. The molecule has 0 aliphatic carbocycles. The molecule has 1 aliphatic rings. The number of carbonyl (C=O) groups excluding carboxylic acids is 2. The Kier molecular flexibility index (Phi) is 4.49. The van der Waals surface area contributed by atoms with Gasteiger partial charge in [-0.25, -0.2) is 0 Å². The zero-order valence-corrected chi connectivity index (χ0v) is 12.2. The molecule has 2 rings (SSSR count). The Bertz CT molecular complexity index is 533. The first-order valence-electron chi connectivity index (χ1n) is 6.59. The zero-order chi connectivity index (χ0) is 14.7. The molecular formula is C14H18ClN3O2. The van der Waals surface area contributed by atoms with Crippen LogP contribution in [0.3, 0.4) is 0 Å². The Balaban J connectivity index is 2.09. The number of halogens is 1. The molecule has 5 nitrogen and oxygen atoms in total. The lowest BCUT2D eigenvalue weighted by Gasteiger charge is -2.21. The quantitative estimate of drug-likeness (QED) is 0.801. The van der Waals surface area contributed by atoms with Crippen molar-refractivity contribution < 1.29 is 9.59 Å². The highest BCUT2D eigenvalue weighted by Gasteiger charge is 2.21. The molecule has 108 valence electrons. The van der Waals surface area contributed by atoms with E-state index in [0.717, 1.165) is 6.42 Å². The van der Waals surface area contributed by atoms with Gasteiger partial charge >= 0.3 is 0 Å². The molecule has 0 unspecified atom stereocenters. The molecule has 6 heteroatoms. The largest absolute Gasteiger partial charge is 0.398 e. The monoisotopic (exact) mass is 295 g/mol. The molecule has 0 atom stereocenters. The highest BCUT2D eigenvalue weighted by molar-refractivity contribution is 6.33. The SMILES string of the molecule is CC(=O)N1CCCN(C(=O)c2ccc(N)c(Cl)c2)CC1. The minimum atomic E-state index is -0.0719. The Morgan fingerprint density at radius 3 is 2.45 bits per heavy atom. The summed E-state index contributed by atoms with van der Waals surface area (Å²) in [5.41, 5.74) is 6.63. The number of carbonyl (C=O) groups is 2. The summed E-state index contributed by atoms with van der Waals surface area (Å²) in [5.74, 6) is -0.0212. The smallest absolute Gasteiger partial charge is 0.253 e. The second-order valence-electron chi connectivity index (χ2n) is 4.89. The number of nitrogens with two attached hydrogens (primary N) is 1. The molecule has 0 aromatic heterocycles. The van der Waals surface area contributed by atoms with Crippen LogP contribution < -0.4 is 5.73 Å². The van der Waals surface area contributed by atoms with Gasteiger partial charge in [-0.2, -0.15) is 0 Å². The van der Waals surface area contributed by atoms with Crippen LogP contribution in [0, 0.1) is 0 Å². The highest BCUT2D eigenvalue weighted by atomic mass is 35.5. The Labute approximate surface area is 123 Å². The lowest BCUT2D eigenvalue weighted by Crippen LogP contribution is -2.36. The van der Waals surface area contributed by atoms with Crippen molar-refractivity contribution in [2.75, 3.05) is 31.9 Å². The highest BCUT2D eigenvalue weighted by Crippen LogP contribution is 2.21. The first kappa shape index (κ1) is 14.7. The number of anilines is 1. The molecule has 2 N–H and O–H groups in total. The fourth-order valence-electron chi connectivity index (χ4n) is 2.28. The molecule has 1 aromatic rings. The molecule has 1 saturated heterocycles. The van der Waals surface area contributed by atoms with E-state index >= 15 is 0 Å². The van der Waals surface area contributed by atoms with E-state index in [9.17, 15) is 9.59 Å². The van der Waals surface area contributed by atoms with Crippen LogP contribution in [-0.2, 0) is 4.79 Å². The van der Waals surface area contributed by atoms with Crippen molar-refractivity contribution in [1.82, 2.24) is 9.80 Å². The Morgan fingerprint density at radius 2 is 1.80 bits per heavy atom. The van der Waals surface area contributed by atoms with E-state index in [-0.39, 0.29) is 11.8 Å². The van der Waals surface area contributed by atoms with E-state index in [2.05, 4.69) is 0 Å². The molecule has 0 spiro atoms. The van der Waals surface area contributed by atoms with E-state index in [1.165, 1.54) is 0 Å². The number of hydrogen-bond donors (Lipinski definition) is 1. The summed E-state index contributed by atoms with van der Waals surface area (Å²) in [5, 5.41) is 0.385. The normalized spacial score (nSPS) is 15.9. The van der Waals surface area contributed by atoms with Crippen LogP contribution in [0.25, 0.3) is 0 Å². The van der Waals surface area contributed by atoms with Gasteiger partial charge in [-0.15, -0.1) is 0 Å². The van der Waals surface area contributed by atoms with Crippen molar-refractivity contribution in [1.29, 1.82) is 0 Å². The van der Waals surface area contributed by atoms with Crippen molar-refractivity contribution in [3.8, 4) is 0 Å². The van der Waals surface area contributed by atoms with Crippen LogP contribution in [0.5, 0.6) is 0 Å². The summed E-state index contributed by atoms with van der Waals surface area (Å²) in [7, 11) is 0. The fraction of sp³-hybridized carbons (Fsp3) is 0.429. The van der Waals surface area contributed by atoms with Crippen molar-refractivity contribution >= 4 is 29.1 Å². The molecule has 0 radical (unpaired) electrons. The van der Waals surface area contributed by atoms with Gasteiger partial charge < -0.3 is 15.5 Å². The first-order valence-corrected chi connectivity index (χ1v) is 6.96. The van der Waals surface area contributed by atoms with Gasteiger partial charge in [0, 0.05) is 38.7 Å². The van der Waals surface area contributed by atoms with Gasteiger partial charge in [0.1, 0.15) is 0 Å². The van der Waals surface area contributed by atoms with Gasteiger partial charge in [0.05, 0.1) is 10.7 Å². The second-order valence-corrected chi connectivity index (χ2v) is 5.30. The van der Waals surface area contributed by atoms with Crippen LogP contribution in [0.15, 0.2) is 18.2 Å². The maximum atomic E-state index is 12.4. The number of hydrogen-bond acceptors (Lipinski definition) is 3. The van der Waals surface area contributed by atoms with Crippen molar-refractivity contribution in [3.05, 3.63) is 28.8 Å². The molecular weight excluding hydrogens is 278 g/mol. The van der Waals surface area contributed by atoms with Gasteiger partial charge in [0.25, 0.3) is 5.91 Å². The summed E-state index contributed by atoms with van der Waals surface area (Å²) in [4.78, 5) is 27.3. The van der Waals surface area contributed by atoms with E-state index in [1.807, 2.05) is 0 Å². The Morgan fingerprint density at radius 1 is 1.15 bits per heavy atom. The standard InChI is InChI=1S/C14H18ClN3O2/c1-10(19)17-5-2-6-18(8-7-17)14(20)11-3-4-13(16)12(15)9-11/h3-4,9H,2,5-8,16H2,1H3. The molecule has 0 bridgehead atoms. The third-order valence-electron chi connectivity index (χ3n) is 3.48. The predicted octanol–water partition coefficient (Wildman–Crippen LogP) is 1.62. The van der Waals surface area contributed by atoms with E-state index in [4.69, 9.17) is 17.3 Å². The summed E-state index contributed by atoms with van der Waals surface area (Å²) >= 11 is 5.95. The Hall–Kier alpha value is -1.75. The molecule has 20 heavy (non-hydrogen) atoms. The van der Waals surface area contributed by atoms with Crippen LogP contribution in [0.1, 0.15) is 23.7 Å². The van der Waals surface area contributed by atoms with Crippen LogP contribution in [-0.4, -0.2) is 47.8 Å². The number of rotatable bonds is 1. The van der Waals surface area contributed by atoms with E-state index < -0.39 is 0 Å². The molecule has 0 saturated carbocycles. The predicted molar refractivity (Wildman–Crippen MR) is 78.6 cm³/mol. The minimum Gasteiger partial charge on any atom is -0.398 e. The van der Waals surface area contributed by atoms with Gasteiger partial charge in [-0.1, -0.05) is 11.6 Å². The second kappa shape index (κ2) is 6.13. The molecule has 1 aromatic carbocycles. The van der Waals surface area contributed by atoms with Gasteiger partial charge in [0.2, 0.25) is 5.91 Å². The minimum absolute atomic E-state index is 0.0508.